The van der Waals surface area contributed by atoms with Crippen LogP contribution in [0.3, 0.4) is 0 Å². The Morgan fingerprint density at radius 3 is 1.93 bits per heavy atom. The molecule has 0 fully saturated rings. The van der Waals surface area contributed by atoms with Crippen LogP contribution in [0.15, 0.2) is 72.9 Å². The van der Waals surface area contributed by atoms with Crippen LogP contribution in [0.25, 0.3) is 44.6 Å². The quantitative estimate of drug-likeness (QED) is 0.405. The maximum absolute atomic E-state index is 4.78. The van der Waals surface area contributed by atoms with Gasteiger partial charge >= 0.3 is 0 Å². The molecule has 4 rings (SSSR count). The van der Waals surface area contributed by atoms with Crippen molar-refractivity contribution >= 4 is 33.5 Å². The zero-order chi connectivity index (χ0) is 21.1. The highest BCUT2D eigenvalue weighted by Gasteiger charge is 2.15. The van der Waals surface area contributed by atoms with Gasteiger partial charge in [-0.2, -0.15) is 9.59 Å². The van der Waals surface area contributed by atoms with E-state index in [-0.39, 0.29) is 0 Å². The largest absolute Gasteiger partial charge is 0.155 e. The third kappa shape index (κ3) is 3.48. The van der Waals surface area contributed by atoms with Crippen molar-refractivity contribution in [3.05, 3.63) is 72.9 Å². The molecule has 0 aliphatic carbocycles. The lowest BCUT2D eigenvalue weighted by molar-refractivity contribution is 0.780. The maximum Gasteiger partial charge on any atom is 0.121 e. The predicted molar refractivity (Wildman–Crippen MR) is 124 cm³/mol. The van der Waals surface area contributed by atoms with E-state index in [0.29, 0.717) is 0 Å². The number of hydrogen-bond acceptors (Lipinski definition) is 4. The SMILES string of the molecule is C/C=C\C=C(/C)n1nc2cccc(-c3cccc4nn(C(/C=C\C)=C/C)nc34)c2n1. The summed E-state index contributed by atoms with van der Waals surface area (Å²) >= 11 is 0. The molecule has 0 radical (unpaired) electrons. The average Bonchev–Trinajstić information content (AvgIpc) is 3.39. The van der Waals surface area contributed by atoms with Crippen molar-refractivity contribution in [3.8, 4) is 11.1 Å². The van der Waals surface area contributed by atoms with Crippen LogP contribution in [0, 0.1) is 0 Å². The molecule has 6 nitrogen and oxygen atoms in total. The van der Waals surface area contributed by atoms with Crippen molar-refractivity contribution in [1.82, 2.24) is 30.0 Å². The second kappa shape index (κ2) is 8.29. The Morgan fingerprint density at radius 1 is 0.767 bits per heavy atom. The Balaban J connectivity index is 1.90. The molecule has 2 aromatic heterocycles. The van der Waals surface area contributed by atoms with Gasteiger partial charge in [0.1, 0.15) is 22.1 Å². The van der Waals surface area contributed by atoms with Crippen LogP contribution in [-0.2, 0) is 0 Å². The number of nitrogens with zero attached hydrogens (tertiary/aromatic N) is 6. The van der Waals surface area contributed by atoms with E-state index in [1.807, 2.05) is 88.4 Å². The lowest BCUT2D eigenvalue weighted by Crippen LogP contribution is -1.98. The summed E-state index contributed by atoms with van der Waals surface area (Å²) in [6.07, 6.45) is 11.9. The minimum atomic E-state index is 0.838. The summed E-state index contributed by atoms with van der Waals surface area (Å²) in [5, 5.41) is 18.9. The van der Waals surface area contributed by atoms with Crippen LogP contribution in [0.5, 0.6) is 0 Å². The Hall–Kier alpha value is -3.80. The fourth-order valence-corrected chi connectivity index (χ4v) is 3.33. The predicted octanol–water partition coefficient (Wildman–Crippen LogP) is 5.72. The van der Waals surface area contributed by atoms with Gasteiger partial charge < -0.3 is 0 Å². The molecule has 0 saturated heterocycles. The molecule has 0 saturated carbocycles. The van der Waals surface area contributed by atoms with Crippen LogP contribution in [0.2, 0.25) is 0 Å². The van der Waals surface area contributed by atoms with E-state index in [1.165, 1.54) is 0 Å². The molecule has 0 aliphatic rings. The first kappa shape index (κ1) is 19.5. The van der Waals surface area contributed by atoms with E-state index in [4.69, 9.17) is 10.2 Å². The first-order chi connectivity index (χ1) is 14.7. The van der Waals surface area contributed by atoms with E-state index in [2.05, 4.69) is 22.3 Å². The Kier molecular flexibility index (Phi) is 5.39. The molecule has 4 aromatic rings. The second-order valence-corrected chi connectivity index (χ2v) is 6.87. The van der Waals surface area contributed by atoms with Gasteiger partial charge in [0.15, 0.2) is 0 Å². The van der Waals surface area contributed by atoms with Crippen molar-refractivity contribution in [2.24, 2.45) is 0 Å². The molecule has 0 aliphatic heterocycles. The summed E-state index contributed by atoms with van der Waals surface area (Å²) in [6, 6.07) is 12.1. The fourth-order valence-electron chi connectivity index (χ4n) is 3.33. The van der Waals surface area contributed by atoms with Gasteiger partial charge in [-0.3, -0.25) is 0 Å². The highest BCUT2D eigenvalue weighted by atomic mass is 15.5. The summed E-state index contributed by atoms with van der Waals surface area (Å²) in [7, 11) is 0. The van der Waals surface area contributed by atoms with E-state index >= 15 is 0 Å². The Labute approximate surface area is 175 Å². The standard InChI is InChI=1S/C24H24N6/c1-5-8-12-17(4)29-25-21-15-9-13-19(23(21)27-29)20-14-10-16-22-24(20)28-30(26-22)18(7-3)11-6-2/h5-16H,1-4H3/b8-5-,11-6-,17-12+,18-7+. The molecule has 6 heteroatoms. The number of fused-ring (bicyclic) bond motifs is 2. The van der Waals surface area contributed by atoms with Crippen molar-refractivity contribution in [1.29, 1.82) is 0 Å². The average molecular weight is 396 g/mol. The number of rotatable bonds is 5. The van der Waals surface area contributed by atoms with Crippen LogP contribution in [0.4, 0.5) is 0 Å². The molecule has 0 atom stereocenters. The van der Waals surface area contributed by atoms with Crippen molar-refractivity contribution in [2.75, 3.05) is 0 Å². The minimum Gasteiger partial charge on any atom is -0.155 e. The Bertz CT molecular complexity index is 1330. The lowest BCUT2D eigenvalue weighted by Gasteiger charge is -2.02. The van der Waals surface area contributed by atoms with Gasteiger partial charge in [0, 0.05) is 11.1 Å². The van der Waals surface area contributed by atoms with Crippen molar-refractivity contribution in [3.63, 3.8) is 0 Å². The first-order valence-electron chi connectivity index (χ1n) is 9.98. The van der Waals surface area contributed by atoms with Crippen LogP contribution >= 0.6 is 0 Å². The molecule has 30 heavy (non-hydrogen) atoms. The van der Waals surface area contributed by atoms with E-state index in [1.54, 1.807) is 9.59 Å². The summed E-state index contributed by atoms with van der Waals surface area (Å²) in [4.78, 5) is 3.35. The second-order valence-electron chi connectivity index (χ2n) is 6.87. The van der Waals surface area contributed by atoms with Gasteiger partial charge in [-0.05, 0) is 52.0 Å². The first-order valence-corrected chi connectivity index (χ1v) is 9.98. The van der Waals surface area contributed by atoms with Gasteiger partial charge in [-0.25, -0.2) is 0 Å². The summed E-state index contributed by atoms with van der Waals surface area (Å²) in [5.74, 6) is 0. The molecule has 0 bridgehead atoms. The van der Waals surface area contributed by atoms with E-state index in [0.717, 1.165) is 44.6 Å². The summed E-state index contributed by atoms with van der Waals surface area (Å²) in [5.41, 5.74) is 7.21. The van der Waals surface area contributed by atoms with Gasteiger partial charge in [0.05, 0.1) is 11.4 Å². The number of benzene rings is 2. The van der Waals surface area contributed by atoms with E-state index in [9.17, 15) is 0 Å². The zero-order valence-corrected chi connectivity index (χ0v) is 17.6. The molecule has 0 amide bonds. The van der Waals surface area contributed by atoms with E-state index < -0.39 is 0 Å². The normalized spacial score (nSPS) is 13.5. The topological polar surface area (TPSA) is 61.4 Å². The molecular weight excluding hydrogens is 372 g/mol. The van der Waals surface area contributed by atoms with Gasteiger partial charge in [0.2, 0.25) is 0 Å². The fraction of sp³-hybridized carbons (Fsp3) is 0.167. The van der Waals surface area contributed by atoms with Crippen molar-refractivity contribution < 1.29 is 0 Å². The number of allylic oxidation sites excluding steroid dienone is 8. The molecule has 0 spiro atoms. The molecule has 150 valence electrons. The third-order valence-corrected chi connectivity index (χ3v) is 4.82. The van der Waals surface area contributed by atoms with Gasteiger partial charge in [-0.1, -0.05) is 48.6 Å². The van der Waals surface area contributed by atoms with Crippen LogP contribution in [0.1, 0.15) is 27.7 Å². The minimum absolute atomic E-state index is 0.838. The molecule has 2 heterocycles. The lowest BCUT2D eigenvalue weighted by atomic mass is 10.0. The molecule has 0 N–H and O–H groups in total. The van der Waals surface area contributed by atoms with Crippen molar-refractivity contribution in [2.45, 2.75) is 27.7 Å². The highest BCUT2D eigenvalue weighted by molar-refractivity contribution is 6.00. The smallest absolute Gasteiger partial charge is 0.121 e. The van der Waals surface area contributed by atoms with Crippen LogP contribution < -0.4 is 0 Å². The number of hydrogen-bond donors (Lipinski definition) is 0. The summed E-state index contributed by atoms with van der Waals surface area (Å²) < 4.78 is 0. The zero-order valence-electron chi connectivity index (χ0n) is 17.6. The van der Waals surface area contributed by atoms with Gasteiger partial charge in [0.25, 0.3) is 0 Å². The molecule has 2 aromatic carbocycles. The Morgan fingerprint density at radius 2 is 1.37 bits per heavy atom. The molecule has 0 unspecified atom stereocenters. The molecular formula is C24H24N6. The number of aromatic nitrogens is 6. The van der Waals surface area contributed by atoms with Crippen LogP contribution in [-0.4, -0.2) is 30.0 Å². The summed E-state index contributed by atoms with van der Waals surface area (Å²) in [6.45, 7) is 7.94. The monoisotopic (exact) mass is 396 g/mol. The van der Waals surface area contributed by atoms with Gasteiger partial charge in [-0.15, -0.1) is 20.4 Å². The third-order valence-electron chi connectivity index (χ3n) is 4.82. The maximum atomic E-state index is 4.78. The highest BCUT2D eigenvalue weighted by Crippen LogP contribution is 2.31.